The number of H-pyrrole nitrogens is 1. The van der Waals surface area contributed by atoms with Crippen LogP contribution in [0.15, 0.2) is 17.4 Å². The van der Waals surface area contributed by atoms with Crippen LogP contribution in [0.4, 0.5) is 0 Å². The van der Waals surface area contributed by atoms with Gasteiger partial charge in [0, 0.05) is 0 Å². The van der Waals surface area contributed by atoms with Crippen LogP contribution in [-0.2, 0) is 23.1 Å². The van der Waals surface area contributed by atoms with Crippen molar-refractivity contribution in [2.24, 2.45) is 0 Å². The minimum atomic E-state index is -4.61. The summed E-state index contributed by atoms with van der Waals surface area (Å²) in [5, 5.41) is 38.4. The van der Waals surface area contributed by atoms with Crippen molar-refractivity contribution in [2.45, 2.75) is 55.9 Å². The van der Waals surface area contributed by atoms with Crippen LogP contribution in [0.5, 0.6) is 0 Å². The maximum absolute atomic E-state index is 12.5. The number of phosphoric ester groups is 1. The molecular formula is C16H23N4O11P. The first kappa shape index (κ1) is 23.4. The summed E-state index contributed by atoms with van der Waals surface area (Å²) < 4.78 is 33.7. The molecule has 4 heterocycles. The molecule has 0 bridgehead atoms. The molecule has 15 nitrogen and oxygen atoms in total. The lowest BCUT2D eigenvalue weighted by Crippen LogP contribution is -2.58. The van der Waals surface area contributed by atoms with Gasteiger partial charge in [-0.15, -0.1) is 0 Å². The van der Waals surface area contributed by atoms with Crippen molar-refractivity contribution in [1.82, 2.24) is 19.5 Å². The van der Waals surface area contributed by atoms with Crippen molar-refractivity contribution < 1.29 is 48.4 Å². The summed E-state index contributed by atoms with van der Waals surface area (Å²) >= 11 is 0. The molecule has 178 valence electrons. The fourth-order valence-corrected chi connectivity index (χ4v) is 4.28. The fourth-order valence-electron chi connectivity index (χ4n) is 3.51. The zero-order chi connectivity index (χ0) is 23.0. The first-order valence-corrected chi connectivity index (χ1v) is 11.2. The Morgan fingerprint density at radius 2 is 1.84 bits per heavy atom. The molecule has 2 aliphatic rings. The molecule has 0 aliphatic carbocycles. The molecule has 32 heavy (non-hydrogen) atoms. The van der Waals surface area contributed by atoms with Crippen LogP contribution in [0.3, 0.4) is 0 Å². The summed E-state index contributed by atoms with van der Waals surface area (Å²) in [5.41, 5.74) is 0.152. The van der Waals surface area contributed by atoms with Crippen LogP contribution in [0.1, 0.15) is 19.1 Å². The number of nitrogens with one attached hydrogen (secondary N) is 1. The van der Waals surface area contributed by atoms with Crippen molar-refractivity contribution in [3.05, 3.63) is 23.0 Å². The molecule has 0 radical (unpaired) electrons. The lowest BCUT2D eigenvalue weighted by Gasteiger charge is -2.38. The van der Waals surface area contributed by atoms with Gasteiger partial charge < -0.3 is 39.8 Å². The van der Waals surface area contributed by atoms with E-state index in [1.807, 2.05) is 0 Å². The molecule has 1 unspecified atom stereocenters. The molecule has 2 saturated heterocycles. The molecule has 6 N–H and O–H groups in total. The molecule has 0 saturated carbocycles. The highest BCUT2D eigenvalue weighted by molar-refractivity contribution is 7.47. The second-order valence-corrected chi connectivity index (χ2v) is 8.90. The van der Waals surface area contributed by atoms with Gasteiger partial charge in [-0.1, -0.05) is 0 Å². The van der Waals surface area contributed by atoms with E-state index in [1.165, 1.54) is 17.2 Å². The summed E-state index contributed by atoms with van der Waals surface area (Å²) in [7, 11) is -4.61. The number of hydrogen-bond donors (Lipinski definition) is 6. The molecule has 0 spiro atoms. The first-order valence-electron chi connectivity index (χ1n) is 9.71. The van der Waals surface area contributed by atoms with Crippen LogP contribution in [-0.4, -0.2) is 94.9 Å². The van der Waals surface area contributed by atoms with Crippen molar-refractivity contribution >= 4 is 19.0 Å². The average Bonchev–Trinajstić information content (AvgIpc) is 3.43. The third-order valence-electron chi connectivity index (χ3n) is 5.28. The van der Waals surface area contributed by atoms with Crippen molar-refractivity contribution in [3.63, 3.8) is 0 Å². The largest absolute Gasteiger partial charge is 0.472 e. The number of aliphatic hydroxyl groups is 4. The minimum Gasteiger partial charge on any atom is -0.387 e. The van der Waals surface area contributed by atoms with Crippen molar-refractivity contribution in [3.8, 4) is 0 Å². The summed E-state index contributed by atoms with van der Waals surface area (Å²) in [6, 6.07) is 0. The molecule has 2 fully saturated rings. The van der Waals surface area contributed by atoms with Gasteiger partial charge in [-0.25, -0.2) is 14.5 Å². The van der Waals surface area contributed by atoms with E-state index in [9.17, 15) is 34.7 Å². The number of aromatic nitrogens is 4. The maximum atomic E-state index is 12.5. The van der Waals surface area contributed by atoms with E-state index in [0.717, 1.165) is 0 Å². The van der Waals surface area contributed by atoms with Gasteiger partial charge in [0.25, 0.3) is 5.56 Å². The highest BCUT2D eigenvalue weighted by atomic mass is 31.2. The predicted molar refractivity (Wildman–Crippen MR) is 102 cm³/mol. The molecule has 16 heteroatoms. The molecule has 2 aliphatic heterocycles. The monoisotopic (exact) mass is 478 g/mol. The average molecular weight is 478 g/mol. The lowest BCUT2D eigenvalue weighted by atomic mass is 10.00. The van der Waals surface area contributed by atoms with E-state index in [2.05, 4.69) is 15.0 Å². The zero-order valence-electron chi connectivity index (χ0n) is 16.5. The molecule has 2 aromatic heterocycles. The number of nitrogens with zero attached hydrogens (tertiary/aromatic N) is 3. The van der Waals surface area contributed by atoms with Gasteiger partial charge in [0.05, 0.1) is 25.6 Å². The fraction of sp³-hybridized carbons (Fsp3) is 0.688. The van der Waals surface area contributed by atoms with Gasteiger partial charge in [0.2, 0.25) is 0 Å². The number of aromatic amines is 1. The molecular weight excluding hydrogens is 455 g/mol. The second-order valence-electron chi connectivity index (χ2n) is 7.45. The van der Waals surface area contributed by atoms with Crippen LogP contribution in [0, 0.1) is 0 Å². The van der Waals surface area contributed by atoms with Crippen molar-refractivity contribution in [2.75, 3.05) is 13.2 Å². The summed E-state index contributed by atoms with van der Waals surface area (Å²) in [5.74, 6) is 0. The molecule has 2 aromatic rings. The number of hydrogen-bond acceptors (Lipinski definition) is 12. The van der Waals surface area contributed by atoms with Gasteiger partial charge in [-0.3, -0.25) is 18.4 Å². The highest BCUT2D eigenvalue weighted by Crippen LogP contribution is 2.45. The van der Waals surface area contributed by atoms with Gasteiger partial charge in [-0.05, 0) is 12.8 Å². The van der Waals surface area contributed by atoms with Gasteiger partial charge in [0.1, 0.15) is 37.0 Å². The van der Waals surface area contributed by atoms with Gasteiger partial charge >= 0.3 is 7.82 Å². The Kier molecular flexibility index (Phi) is 6.74. The normalized spacial score (nSPS) is 35.2. The zero-order valence-corrected chi connectivity index (χ0v) is 17.4. The number of ether oxygens (including phenoxy) is 2. The SMILES string of the molecule is O=c1c2[nH]cnc2ncn1[C@H]1CC[C@@H](COP(=O)(O)OC[C@H]2O[C@H](O)[C@H](O)[C@@H](O)[C@@H]2O)O1. The molecule has 0 aromatic carbocycles. The first-order chi connectivity index (χ1) is 15.2. The van der Waals surface area contributed by atoms with E-state index in [1.54, 1.807) is 0 Å². The summed E-state index contributed by atoms with van der Waals surface area (Å²) in [6.45, 7) is -1.02. The Morgan fingerprint density at radius 1 is 1.09 bits per heavy atom. The smallest absolute Gasteiger partial charge is 0.387 e. The van der Waals surface area contributed by atoms with Crippen LogP contribution < -0.4 is 5.56 Å². The Labute approximate surface area is 179 Å². The van der Waals surface area contributed by atoms with Crippen LogP contribution in [0.2, 0.25) is 0 Å². The second kappa shape index (κ2) is 9.23. The summed E-state index contributed by atoms with van der Waals surface area (Å²) in [6.07, 6.45) is -6.02. The maximum Gasteiger partial charge on any atom is 0.472 e. The number of aliphatic hydroxyl groups excluding tert-OH is 4. The number of imidazole rings is 1. The third kappa shape index (κ3) is 4.77. The number of rotatable bonds is 7. The minimum absolute atomic E-state index is 0.235. The standard InChI is InChI=1S/C16H23N4O11P/c21-11-8(31-16(25)13(23)12(11)22)4-29-32(26,27)28-3-7-1-2-9(30-7)20-6-19-14-10(15(20)24)17-5-18-14/h5-9,11-13,16,21-23,25H,1-4H2,(H,17,18)(H,26,27)/t7-,8+,9+,11+,12-,13+,16-/m0/s1. The quantitative estimate of drug-likeness (QED) is 0.232. The molecule has 4 rings (SSSR count). The van der Waals surface area contributed by atoms with Gasteiger partial charge in [0.15, 0.2) is 17.5 Å². The van der Waals surface area contributed by atoms with Crippen molar-refractivity contribution in [1.29, 1.82) is 0 Å². The topological polar surface area (TPSA) is 219 Å². The number of fused-ring (bicyclic) bond motifs is 1. The Balaban J connectivity index is 1.28. The Hall–Kier alpha value is -1.78. The lowest BCUT2D eigenvalue weighted by molar-refractivity contribution is -0.285. The Bertz CT molecular complexity index is 1050. The van der Waals surface area contributed by atoms with E-state index < -0.39 is 57.5 Å². The van der Waals surface area contributed by atoms with Crippen LogP contribution >= 0.6 is 7.82 Å². The number of phosphoric acid groups is 1. The van der Waals surface area contributed by atoms with Crippen LogP contribution in [0.25, 0.3) is 11.2 Å². The molecule has 8 atom stereocenters. The molecule has 0 amide bonds. The van der Waals surface area contributed by atoms with E-state index in [-0.39, 0.29) is 23.3 Å². The third-order valence-corrected chi connectivity index (χ3v) is 6.23. The summed E-state index contributed by atoms with van der Waals surface area (Å²) in [4.78, 5) is 33.0. The van der Waals surface area contributed by atoms with Gasteiger partial charge in [-0.2, -0.15) is 0 Å². The van der Waals surface area contributed by atoms with E-state index >= 15 is 0 Å². The Morgan fingerprint density at radius 3 is 2.62 bits per heavy atom. The highest BCUT2D eigenvalue weighted by Gasteiger charge is 2.44. The predicted octanol–water partition coefficient (Wildman–Crippen LogP) is -2.27. The van der Waals surface area contributed by atoms with E-state index in [0.29, 0.717) is 12.8 Å². The van der Waals surface area contributed by atoms with E-state index in [4.69, 9.17) is 18.5 Å².